The lowest BCUT2D eigenvalue weighted by Gasteiger charge is -2.24. The van der Waals surface area contributed by atoms with Crippen LogP contribution in [0.3, 0.4) is 0 Å². The minimum atomic E-state index is -0.164. The number of hydrogen-bond donors (Lipinski definition) is 2. The standard InChI is InChI=1S/C14H32N4O2/c1-4-9-18(10-6-15)13-12-17(2)11-8-16-7-5-14(19)20-3/h16H,4-13,15H2,1-3H3. The molecule has 6 nitrogen and oxygen atoms in total. The number of nitrogens with two attached hydrogens (primary N) is 1. The quantitative estimate of drug-likeness (QED) is 0.359. The van der Waals surface area contributed by atoms with Crippen molar-refractivity contribution in [3.8, 4) is 0 Å². The molecule has 0 aliphatic carbocycles. The Morgan fingerprint density at radius 1 is 1.15 bits per heavy atom. The molecular weight excluding hydrogens is 256 g/mol. The first-order chi connectivity index (χ1) is 9.63. The van der Waals surface area contributed by atoms with Gasteiger partial charge in [0.25, 0.3) is 0 Å². The summed E-state index contributed by atoms with van der Waals surface area (Å²) in [6, 6.07) is 0. The molecule has 6 heteroatoms. The van der Waals surface area contributed by atoms with E-state index in [0.717, 1.165) is 45.8 Å². The van der Waals surface area contributed by atoms with E-state index in [2.05, 4.69) is 33.8 Å². The molecular formula is C14H32N4O2. The molecule has 0 spiro atoms. The van der Waals surface area contributed by atoms with Gasteiger partial charge in [0.05, 0.1) is 13.5 Å². The van der Waals surface area contributed by atoms with Gasteiger partial charge in [0.2, 0.25) is 0 Å². The molecule has 0 atom stereocenters. The van der Waals surface area contributed by atoms with Gasteiger partial charge in [-0.3, -0.25) is 4.79 Å². The van der Waals surface area contributed by atoms with Crippen LogP contribution >= 0.6 is 0 Å². The van der Waals surface area contributed by atoms with Gasteiger partial charge in [-0.25, -0.2) is 0 Å². The Morgan fingerprint density at radius 3 is 2.50 bits per heavy atom. The van der Waals surface area contributed by atoms with Crippen LogP contribution in [0.1, 0.15) is 19.8 Å². The van der Waals surface area contributed by atoms with E-state index >= 15 is 0 Å². The average molecular weight is 288 g/mol. The van der Waals surface area contributed by atoms with Crippen LogP contribution in [0.15, 0.2) is 0 Å². The fraction of sp³-hybridized carbons (Fsp3) is 0.929. The Hall–Kier alpha value is -0.690. The molecule has 0 rings (SSSR count). The highest BCUT2D eigenvalue weighted by atomic mass is 16.5. The lowest BCUT2D eigenvalue weighted by molar-refractivity contribution is -0.140. The van der Waals surface area contributed by atoms with Gasteiger partial charge in [0.1, 0.15) is 0 Å². The second-order valence-electron chi connectivity index (χ2n) is 5.01. The van der Waals surface area contributed by atoms with Crippen LogP contribution in [0.5, 0.6) is 0 Å². The number of rotatable bonds is 13. The molecule has 0 saturated carbocycles. The molecule has 0 saturated heterocycles. The molecule has 0 aromatic heterocycles. The first-order valence-electron chi connectivity index (χ1n) is 7.52. The SMILES string of the molecule is CCCN(CCN)CCN(C)CCNCCC(=O)OC. The topological polar surface area (TPSA) is 70.8 Å². The lowest BCUT2D eigenvalue weighted by Crippen LogP contribution is -2.38. The van der Waals surface area contributed by atoms with Crippen molar-refractivity contribution in [2.45, 2.75) is 19.8 Å². The van der Waals surface area contributed by atoms with E-state index in [1.165, 1.54) is 13.5 Å². The summed E-state index contributed by atoms with van der Waals surface area (Å²) < 4.78 is 4.58. The van der Waals surface area contributed by atoms with E-state index < -0.39 is 0 Å². The molecule has 120 valence electrons. The van der Waals surface area contributed by atoms with Crippen LogP contribution in [0.25, 0.3) is 0 Å². The summed E-state index contributed by atoms with van der Waals surface area (Å²) in [5.41, 5.74) is 5.61. The summed E-state index contributed by atoms with van der Waals surface area (Å²) in [5.74, 6) is -0.164. The fourth-order valence-corrected chi connectivity index (χ4v) is 1.95. The maximum absolute atomic E-state index is 10.9. The van der Waals surface area contributed by atoms with Crippen LogP contribution in [0, 0.1) is 0 Å². The Kier molecular flexibility index (Phi) is 12.8. The van der Waals surface area contributed by atoms with Gasteiger partial charge in [-0.1, -0.05) is 6.92 Å². The Labute approximate surface area is 123 Å². The van der Waals surface area contributed by atoms with Gasteiger partial charge in [-0.05, 0) is 20.0 Å². The first-order valence-corrected chi connectivity index (χ1v) is 7.52. The van der Waals surface area contributed by atoms with Crippen molar-refractivity contribution in [3.63, 3.8) is 0 Å². The van der Waals surface area contributed by atoms with Gasteiger partial charge in [0, 0.05) is 45.8 Å². The van der Waals surface area contributed by atoms with Crippen molar-refractivity contribution in [1.29, 1.82) is 0 Å². The van der Waals surface area contributed by atoms with E-state index in [-0.39, 0.29) is 5.97 Å². The molecule has 0 unspecified atom stereocenters. The summed E-state index contributed by atoms with van der Waals surface area (Å²) >= 11 is 0. The summed E-state index contributed by atoms with van der Waals surface area (Å²) in [7, 11) is 3.54. The smallest absolute Gasteiger partial charge is 0.306 e. The van der Waals surface area contributed by atoms with E-state index in [0.29, 0.717) is 13.0 Å². The molecule has 0 heterocycles. The zero-order valence-electron chi connectivity index (χ0n) is 13.4. The number of carbonyl (C=O) groups excluding carboxylic acids is 1. The minimum Gasteiger partial charge on any atom is -0.469 e. The molecule has 0 bridgehead atoms. The average Bonchev–Trinajstić information content (AvgIpc) is 2.44. The number of likely N-dealkylation sites (N-methyl/N-ethyl adjacent to an activating group) is 1. The predicted octanol–water partition coefficient (Wildman–Crippen LogP) is -0.258. The van der Waals surface area contributed by atoms with E-state index in [4.69, 9.17) is 5.73 Å². The maximum atomic E-state index is 10.9. The number of nitrogens with one attached hydrogen (secondary N) is 1. The van der Waals surface area contributed by atoms with Crippen molar-refractivity contribution in [1.82, 2.24) is 15.1 Å². The molecule has 0 aliphatic heterocycles. The molecule has 0 fully saturated rings. The largest absolute Gasteiger partial charge is 0.469 e. The third-order valence-corrected chi connectivity index (χ3v) is 3.19. The molecule has 0 amide bonds. The number of esters is 1. The minimum absolute atomic E-state index is 0.164. The molecule has 3 N–H and O–H groups in total. The van der Waals surface area contributed by atoms with Gasteiger partial charge in [0.15, 0.2) is 0 Å². The van der Waals surface area contributed by atoms with Crippen LogP contribution < -0.4 is 11.1 Å². The summed E-state index contributed by atoms with van der Waals surface area (Å²) in [6.07, 6.45) is 1.60. The summed E-state index contributed by atoms with van der Waals surface area (Å²) in [5, 5.41) is 3.24. The molecule has 0 aromatic rings. The second-order valence-corrected chi connectivity index (χ2v) is 5.01. The monoisotopic (exact) mass is 288 g/mol. The van der Waals surface area contributed by atoms with Gasteiger partial charge in [-0.15, -0.1) is 0 Å². The molecule has 0 aliphatic rings. The van der Waals surface area contributed by atoms with Crippen LogP contribution in [-0.4, -0.2) is 82.3 Å². The van der Waals surface area contributed by atoms with Gasteiger partial charge >= 0.3 is 5.97 Å². The van der Waals surface area contributed by atoms with Crippen molar-refractivity contribution in [2.75, 3.05) is 66.5 Å². The zero-order chi connectivity index (χ0) is 15.2. The predicted molar refractivity (Wildman–Crippen MR) is 82.8 cm³/mol. The number of methoxy groups -OCH3 is 1. The zero-order valence-corrected chi connectivity index (χ0v) is 13.4. The molecule has 0 radical (unpaired) electrons. The number of carbonyl (C=O) groups is 1. The number of nitrogens with zero attached hydrogens (tertiary/aromatic N) is 2. The van der Waals surface area contributed by atoms with Crippen molar-refractivity contribution < 1.29 is 9.53 Å². The van der Waals surface area contributed by atoms with Crippen LogP contribution in [0.2, 0.25) is 0 Å². The normalized spacial score (nSPS) is 11.3. The summed E-state index contributed by atoms with van der Waals surface area (Å²) in [4.78, 5) is 15.6. The van der Waals surface area contributed by atoms with Crippen molar-refractivity contribution in [3.05, 3.63) is 0 Å². The highest BCUT2D eigenvalue weighted by Crippen LogP contribution is 1.92. The highest BCUT2D eigenvalue weighted by molar-refractivity contribution is 5.69. The number of ether oxygens (including phenoxy) is 1. The van der Waals surface area contributed by atoms with Crippen LogP contribution in [-0.2, 0) is 9.53 Å². The highest BCUT2D eigenvalue weighted by Gasteiger charge is 2.05. The van der Waals surface area contributed by atoms with Gasteiger partial charge < -0.3 is 25.6 Å². The molecule has 20 heavy (non-hydrogen) atoms. The first kappa shape index (κ1) is 19.3. The second kappa shape index (κ2) is 13.3. The van der Waals surface area contributed by atoms with E-state index in [9.17, 15) is 4.79 Å². The maximum Gasteiger partial charge on any atom is 0.306 e. The number of hydrogen-bond acceptors (Lipinski definition) is 6. The van der Waals surface area contributed by atoms with Crippen LogP contribution in [0.4, 0.5) is 0 Å². The van der Waals surface area contributed by atoms with Crippen molar-refractivity contribution >= 4 is 5.97 Å². The summed E-state index contributed by atoms with van der Waals surface area (Å²) in [6.45, 7) is 9.64. The van der Waals surface area contributed by atoms with Crippen molar-refractivity contribution in [2.24, 2.45) is 5.73 Å². The van der Waals surface area contributed by atoms with Gasteiger partial charge in [-0.2, -0.15) is 0 Å². The van der Waals surface area contributed by atoms with E-state index in [1.54, 1.807) is 0 Å². The van der Waals surface area contributed by atoms with E-state index in [1.807, 2.05) is 0 Å². The third kappa shape index (κ3) is 11.2. The molecule has 0 aromatic carbocycles. The Bertz CT molecular complexity index is 233. The lowest BCUT2D eigenvalue weighted by atomic mass is 10.3. The fourth-order valence-electron chi connectivity index (χ4n) is 1.95. The third-order valence-electron chi connectivity index (χ3n) is 3.19. The Morgan fingerprint density at radius 2 is 1.90 bits per heavy atom. The Balaban J connectivity index is 3.56.